The Bertz CT molecular complexity index is 466. The molecule has 0 aromatic carbocycles. The molecular weight excluding hydrogens is 380 g/mol. The molecule has 0 heterocycles. The van der Waals surface area contributed by atoms with Crippen LogP contribution in [0.4, 0.5) is 0 Å². The Morgan fingerprint density at radius 2 is 1.33 bits per heavy atom. The van der Waals surface area contributed by atoms with Crippen molar-refractivity contribution in [3.05, 3.63) is 0 Å². The fraction of sp³-hybridized carbons (Fsp3) is 0.824. The molecule has 0 saturated carbocycles. The van der Waals surface area contributed by atoms with E-state index in [9.17, 15) is 14.4 Å². The molecule has 1 unspecified atom stereocenters. The van der Waals surface area contributed by atoms with Gasteiger partial charge in [0.25, 0.3) is 0 Å². The van der Waals surface area contributed by atoms with E-state index in [2.05, 4.69) is 15.9 Å². The molecular formula is C17H29BrO6. The van der Waals surface area contributed by atoms with E-state index in [1.54, 1.807) is 34.6 Å². The third-order valence-corrected chi connectivity index (χ3v) is 4.20. The van der Waals surface area contributed by atoms with Gasteiger partial charge in [0.2, 0.25) is 0 Å². The first-order valence-corrected chi connectivity index (χ1v) is 8.71. The Morgan fingerprint density at radius 3 is 1.71 bits per heavy atom. The van der Waals surface area contributed by atoms with Gasteiger partial charge in [-0.25, -0.2) is 0 Å². The third kappa shape index (κ3) is 6.79. The number of hydrogen-bond acceptors (Lipinski definition) is 6. The van der Waals surface area contributed by atoms with Gasteiger partial charge in [0.15, 0.2) is 0 Å². The number of carbonyl (C=O) groups excluding carboxylic acids is 3. The maximum absolute atomic E-state index is 12.3. The Hall–Kier alpha value is -1.11. The molecule has 0 aliphatic rings. The van der Waals surface area contributed by atoms with E-state index in [0.29, 0.717) is 12.8 Å². The van der Waals surface area contributed by atoms with Crippen molar-refractivity contribution in [3.63, 3.8) is 0 Å². The maximum Gasteiger partial charge on any atom is 0.322 e. The zero-order valence-electron chi connectivity index (χ0n) is 15.7. The van der Waals surface area contributed by atoms with Gasteiger partial charge in [0.1, 0.15) is 17.5 Å². The number of carbonyl (C=O) groups is 3. The van der Waals surface area contributed by atoms with E-state index in [-0.39, 0.29) is 19.2 Å². The van der Waals surface area contributed by atoms with Crippen molar-refractivity contribution in [1.29, 1.82) is 0 Å². The quantitative estimate of drug-likeness (QED) is 0.252. The average molecular weight is 409 g/mol. The minimum Gasteiger partial charge on any atom is -0.469 e. The molecule has 0 fully saturated rings. The predicted octanol–water partition coefficient (Wildman–Crippen LogP) is 3.25. The number of hydrogen-bond donors (Lipinski definition) is 0. The highest BCUT2D eigenvalue weighted by Gasteiger charge is 2.42. The smallest absolute Gasteiger partial charge is 0.322 e. The maximum atomic E-state index is 12.3. The van der Waals surface area contributed by atoms with Crippen molar-refractivity contribution in [3.8, 4) is 0 Å². The van der Waals surface area contributed by atoms with Crippen LogP contribution in [-0.2, 0) is 28.6 Å². The Balaban J connectivity index is 4.58. The lowest BCUT2D eigenvalue weighted by atomic mass is 9.72. The number of esters is 3. The second-order valence-electron chi connectivity index (χ2n) is 7.21. The molecule has 0 aliphatic carbocycles. The van der Waals surface area contributed by atoms with Crippen molar-refractivity contribution in [2.45, 2.75) is 58.7 Å². The first-order valence-electron chi connectivity index (χ1n) is 7.92. The highest BCUT2D eigenvalue weighted by molar-refractivity contribution is 9.10. The number of ether oxygens (including phenoxy) is 3. The normalized spacial score (nSPS) is 14.5. The first kappa shape index (κ1) is 22.9. The Kier molecular flexibility index (Phi) is 8.42. The van der Waals surface area contributed by atoms with Crippen molar-refractivity contribution in [2.24, 2.45) is 10.8 Å². The molecule has 0 amide bonds. The van der Waals surface area contributed by atoms with Crippen molar-refractivity contribution < 1.29 is 28.6 Å². The van der Waals surface area contributed by atoms with Gasteiger partial charge in [-0.05, 0) is 47.5 Å². The van der Waals surface area contributed by atoms with Crippen molar-refractivity contribution in [2.75, 3.05) is 20.3 Å². The molecule has 0 N–H and O–H groups in total. The summed E-state index contributed by atoms with van der Waals surface area (Å²) in [5, 5.41) is 0. The molecule has 6 nitrogen and oxygen atoms in total. The number of alkyl halides is 1. The molecule has 0 radical (unpaired) electrons. The lowest BCUT2D eigenvalue weighted by molar-refractivity contribution is -0.164. The van der Waals surface area contributed by atoms with Gasteiger partial charge >= 0.3 is 17.9 Å². The summed E-state index contributed by atoms with van der Waals surface area (Å²) in [5.74, 6) is -1.22. The fourth-order valence-electron chi connectivity index (χ4n) is 2.27. The van der Waals surface area contributed by atoms with E-state index in [1.807, 2.05) is 6.92 Å². The van der Waals surface area contributed by atoms with Gasteiger partial charge in [0, 0.05) is 0 Å². The van der Waals surface area contributed by atoms with E-state index < -0.39 is 27.1 Å². The van der Waals surface area contributed by atoms with Gasteiger partial charge in [-0.2, -0.15) is 0 Å². The summed E-state index contributed by atoms with van der Waals surface area (Å²) in [4.78, 5) is 35.8. The second kappa shape index (κ2) is 8.83. The van der Waals surface area contributed by atoms with E-state index in [1.165, 1.54) is 7.11 Å². The van der Waals surface area contributed by atoms with Crippen molar-refractivity contribution >= 4 is 33.8 Å². The van der Waals surface area contributed by atoms with Gasteiger partial charge in [-0.1, -0.05) is 22.9 Å². The number of halogens is 1. The van der Waals surface area contributed by atoms with Crippen LogP contribution in [0, 0.1) is 10.8 Å². The summed E-state index contributed by atoms with van der Waals surface area (Å²) in [6.07, 6.45) is 0.852. The molecule has 0 spiro atoms. The Labute approximate surface area is 152 Å². The summed E-state index contributed by atoms with van der Waals surface area (Å²) in [7, 11) is 1.33. The minimum absolute atomic E-state index is 0.0161. The molecule has 0 aromatic rings. The highest BCUT2D eigenvalue weighted by atomic mass is 79.9. The molecule has 24 heavy (non-hydrogen) atoms. The Morgan fingerprint density at radius 1 is 0.875 bits per heavy atom. The second-order valence-corrected chi connectivity index (χ2v) is 9.19. The van der Waals surface area contributed by atoms with Gasteiger partial charge in [-0.3, -0.25) is 14.4 Å². The largest absolute Gasteiger partial charge is 0.469 e. The molecule has 140 valence electrons. The van der Waals surface area contributed by atoms with E-state index >= 15 is 0 Å². The van der Waals surface area contributed by atoms with E-state index in [0.717, 1.165) is 0 Å². The first-order chi connectivity index (χ1) is 10.8. The summed E-state index contributed by atoms with van der Waals surface area (Å²) < 4.78 is 14.3. The van der Waals surface area contributed by atoms with Crippen LogP contribution < -0.4 is 0 Å². The van der Waals surface area contributed by atoms with Crippen LogP contribution in [0.1, 0.15) is 54.4 Å². The summed E-state index contributed by atoms with van der Waals surface area (Å²) in [5.41, 5.74) is -1.62. The zero-order chi connectivity index (χ0) is 19.2. The molecule has 0 saturated heterocycles. The zero-order valence-corrected chi connectivity index (χ0v) is 17.2. The third-order valence-electron chi connectivity index (χ3n) is 3.88. The van der Waals surface area contributed by atoms with Crippen LogP contribution >= 0.6 is 15.9 Å². The summed E-state index contributed by atoms with van der Waals surface area (Å²) in [6, 6.07) is 0. The molecule has 0 rings (SSSR count). The minimum atomic E-state index is -0.863. The van der Waals surface area contributed by atoms with Crippen LogP contribution in [0.2, 0.25) is 0 Å². The van der Waals surface area contributed by atoms with Crippen LogP contribution in [0.3, 0.4) is 0 Å². The molecule has 7 heteroatoms. The SMILES string of the molecule is CCC(C)(CC(C)(C)C(=O)OCCOC(=O)C(C)(C)Br)C(=O)OC. The highest BCUT2D eigenvalue weighted by Crippen LogP contribution is 2.38. The topological polar surface area (TPSA) is 78.9 Å². The van der Waals surface area contributed by atoms with Gasteiger partial charge in [-0.15, -0.1) is 0 Å². The predicted molar refractivity (Wildman–Crippen MR) is 93.7 cm³/mol. The lowest BCUT2D eigenvalue weighted by Crippen LogP contribution is -2.38. The number of methoxy groups -OCH3 is 1. The lowest BCUT2D eigenvalue weighted by Gasteiger charge is -2.33. The van der Waals surface area contributed by atoms with Crippen LogP contribution in [0.25, 0.3) is 0 Å². The molecule has 0 aromatic heterocycles. The summed E-state index contributed by atoms with van der Waals surface area (Å²) >= 11 is 3.19. The average Bonchev–Trinajstić information content (AvgIpc) is 2.48. The van der Waals surface area contributed by atoms with Crippen LogP contribution in [-0.4, -0.2) is 42.6 Å². The molecule has 1 atom stereocenters. The summed E-state index contributed by atoms with van der Waals surface area (Å²) in [6.45, 7) is 10.4. The van der Waals surface area contributed by atoms with Gasteiger partial charge in [0.05, 0.1) is 17.9 Å². The van der Waals surface area contributed by atoms with Crippen molar-refractivity contribution in [1.82, 2.24) is 0 Å². The van der Waals surface area contributed by atoms with Crippen LogP contribution in [0.5, 0.6) is 0 Å². The molecule has 0 aliphatic heterocycles. The van der Waals surface area contributed by atoms with Crippen LogP contribution in [0.15, 0.2) is 0 Å². The fourth-order valence-corrected chi connectivity index (χ4v) is 2.39. The number of rotatable bonds is 9. The molecule has 0 bridgehead atoms. The van der Waals surface area contributed by atoms with E-state index in [4.69, 9.17) is 14.2 Å². The van der Waals surface area contributed by atoms with Gasteiger partial charge < -0.3 is 14.2 Å². The monoisotopic (exact) mass is 408 g/mol. The standard InChI is InChI=1S/C17H29BrO6/c1-8-17(6,14(21)22-7)11-15(2,3)12(19)23-9-10-24-13(20)16(4,5)18/h8-11H2,1-7H3.